The van der Waals surface area contributed by atoms with Gasteiger partial charge >= 0.3 is 0 Å². The molecule has 0 atom stereocenters. The molecule has 0 aromatic heterocycles. The minimum Gasteiger partial charge on any atom is -0.322 e. The summed E-state index contributed by atoms with van der Waals surface area (Å²) in [5.41, 5.74) is 3.95. The van der Waals surface area contributed by atoms with Crippen LogP contribution in [0.5, 0.6) is 0 Å². The van der Waals surface area contributed by atoms with Crippen molar-refractivity contribution in [2.24, 2.45) is 0 Å². The standard InChI is InChI=1S/C19H22N2O/c1-15-5-4-6-18(13-15)20-19(22)17-9-7-16(8-10-17)14-21-11-2-3-12-21/h4-10,13H,2-3,11-12,14H2,1H3,(H,20,22). The maximum absolute atomic E-state index is 12.3. The topological polar surface area (TPSA) is 32.3 Å². The fraction of sp³-hybridized carbons (Fsp3) is 0.316. The Kier molecular flexibility index (Phi) is 4.54. The van der Waals surface area contributed by atoms with E-state index in [-0.39, 0.29) is 5.91 Å². The molecule has 22 heavy (non-hydrogen) atoms. The SMILES string of the molecule is Cc1cccc(NC(=O)c2ccc(CN3CCCC3)cc2)c1. The summed E-state index contributed by atoms with van der Waals surface area (Å²) in [6.07, 6.45) is 2.61. The molecule has 2 aromatic rings. The van der Waals surface area contributed by atoms with Crippen LogP contribution in [0.25, 0.3) is 0 Å². The van der Waals surface area contributed by atoms with Gasteiger partial charge in [-0.2, -0.15) is 0 Å². The molecule has 0 unspecified atom stereocenters. The van der Waals surface area contributed by atoms with Gasteiger partial charge in [-0.1, -0.05) is 24.3 Å². The van der Waals surface area contributed by atoms with Crippen molar-refractivity contribution >= 4 is 11.6 Å². The molecule has 1 saturated heterocycles. The zero-order valence-corrected chi connectivity index (χ0v) is 13.0. The average molecular weight is 294 g/mol. The van der Waals surface area contributed by atoms with Crippen LogP contribution in [-0.2, 0) is 6.54 Å². The molecule has 0 radical (unpaired) electrons. The first-order valence-corrected chi connectivity index (χ1v) is 7.90. The highest BCUT2D eigenvalue weighted by Gasteiger charge is 2.12. The lowest BCUT2D eigenvalue weighted by molar-refractivity contribution is 0.102. The molecule has 3 nitrogen and oxygen atoms in total. The smallest absolute Gasteiger partial charge is 0.255 e. The molecule has 1 fully saturated rings. The highest BCUT2D eigenvalue weighted by Crippen LogP contribution is 2.15. The predicted octanol–water partition coefficient (Wildman–Crippen LogP) is 3.84. The summed E-state index contributed by atoms with van der Waals surface area (Å²) in [7, 11) is 0. The third kappa shape index (κ3) is 3.74. The zero-order valence-electron chi connectivity index (χ0n) is 13.0. The highest BCUT2D eigenvalue weighted by atomic mass is 16.1. The van der Waals surface area contributed by atoms with Crippen molar-refractivity contribution in [3.05, 3.63) is 65.2 Å². The molecule has 0 spiro atoms. The first-order valence-electron chi connectivity index (χ1n) is 7.90. The molecule has 114 valence electrons. The Balaban J connectivity index is 1.63. The van der Waals surface area contributed by atoms with E-state index in [1.54, 1.807) is 0 Å². The molecule has 1 N–H and O–H groups in total. The number of aryl methyl sites for hydroxylation is 1. The Labute approximate surface area is 132 Å². The Hall–Kier alpha value is -2.13. The van der Waals surface area contributed by atoms with Gasteiger partial charge in [-0.3, -0.25) is 9.69 Å². The molecule has 3 heteroatoms. The summed E-state index contributed by atoms with van der Waals surface area (Å²) in [5.74, 6) is -0.0571. The first kappa shape index (κ1) is 14.8. The highest BCUT2D eigenvalue weighted by molar-refractivity contribution is 6.04. The van der Waals surface area contributed by atoms with Crippen LogP contribution in [0.4, 0.5) is 5.69 Å². The summed E-state index contributed by atoms with van der Waals surface area (Å²) < 4.78 is 0. The largest absolute Gasteiger partial charge is 0.322 e. The van der Waals surface area contributed by atoms with Crippen LogP contribution in [-0.4, -0.2) is 23.9 Å². The quantitative estimate of drug-likeness (QED) is 0.929. The number of carbonyl (C=O) groups excluding carboxylic acids is 1. The minimum atomic E-state index is -0.0571. The third-order valence-corrected chi connectivity index (χ3v) is 4.10. The van der Waals surface area contributed by atoms with E-state index in [0.29, 0.717) is 5.56 Å². The molecule has 2 aromatic carbocycles. The predicted molar refractivity (Wildman–Crippen MR) is 90.1 cm³/mol. The molecule has 1 amide bonds. The third-order valence-electron chi connectivity index (χ3n) is 4.10. The molecule has 0 bridgehead atoms. The number of hydrogen-bond donors (Lipinski definition) is 1. The molecule has 1 aliphatic heterocycles. The van der Waals surface area contributed by atoms with Crippen molar-refractivity contribution < 1.29 is 4.79 Å². The summed E-state index contributed by atoms with van der Waals surface area (Å²) in [5, 5.41) is 2.94. The Morgan fingerprint density at radius 3 is 2.50 bits per heavy atom. The molecule has 0 aliphatic carbocycles. The van der Waals surface area contributed by atoms with E-state index in [1.165, 1.54) is 31.5 Å². The second-order valence-corrected chi connectivity index (χ2v) is 6.00. The van der Waals surface area contributed by atoms with Gasteiger partial charge in [0.25, 0.3) is 5.91 Å². The molecule has 3 rings (SSSR count). The normalized spacial score (nSPS) is 15.0. The van der Waals surface area contributed by atoms with E-state index in [1.807, 2.05) is 43.3 Å². The van der Waals surface area contributed by atoms with Crippen molar-refractivity contribution in [1.29, 1.82) is 0 Å². The maximum Gasteiger partial charge on any atom is 0.255 e. The van der Waals surface area contributed by atoms with E-state index in [9.17, 15) is 4.79 Å². The second kappa shape index (κ2) is 6.75. The van der Waals surface area contributed by atoms with Crippen LogP contribution in [0.3, 0.4) is 0 Å². The zero-order chi connectivity index (χ0) is 15.4. The number of hydrogen-bond acceptors (Lipinski definition) is 2. The lowest BCUT2D eigenvalue weighted by atomic mass is 10.1. The van der Waals surface area contributed by atoms with Gasteiger partial charge in [0, 0.05) is 17.8 Å². The van der Waals surface area contributed by atoms with E-state index < -0.39 is 0 Å². The molecular weight excluding hydrogens is 272 g/mol. The van der Waals surface area contributed by atoms with Crippen molar-refractivity contribution in [2.45, 2.75) is 26.3 Å². The van der Waals surface area contributed by atoms with Crippen molar-refractivity contribution in [1.82, 2.24) is 4.90 Å². The van der Waals surface area contributed by atoms with Gasteiger partial charge < -0.3 is 5.32 Å². The van der Waals surface area contributed by atoms with Gasteiger partial charge in [-0.25, -0.2) is 0 Å². The lowest BCUT2D eigenvalue weighted by Crippen LogP contribution is -2.18. The number of benzene rings is 2. The summed E-state index contributed by atoms with van der Waals surface area (Å²) in [6.45, 7) is 5.38. The number of likely N-dealkylation sites (tertiary alicyclic amines) is 1. The van der Waals surface area contributed by atoms with Crippen molar-refractivity contribution in [3.63, 3.8) is 0 Å². The lowest BCUT2D eigenvalue weighted by Gasteiger charge is -2.14. The number of nitrogens with one attached hydrogen (secondary N) is 1. The van der Waals surface area contributed by atoms with Crippen LogP contribution in [0.1, 0.15) is 34.3 Å². The molecular formula is C19H22N2O. The van der Waals surface area contributed by atoms with Crippen LogP contribution in [0, 0.1) is 6.92 Å². The van der Waals surface area contributed by atoms with Gasteiger partial charge in [0.2, 0.25) is 0 Å². The van der Waals surface area contributed by atoms with E-state index >= 15 is 0 Å². The van der Waals surface area contributed by atoms with Gasteiger partial charge in [0.1, 0.15) is 0 Å². The monoisotopic (exact) mass is 294 g/mol. The summed E-state index contributed by atoms with van der Waals surface area (Å²) in [6, 6.07) is 15.8. The Morgan fingerprint density at radius 1 is 1.09 bits per heavy atom. The van der Waals surface area contributed by atoms with Crippen LogP contribution < -0.4 is 5.32 Å². The Bertz CT molecular complexity index is 643. The van der Waals surface area contributed by atoms with E-state index in [4.69, 9.17) is 0 Å². The van der Waals surface area contributed by atoms with Gasteiger partial charge in [-0.05, 0) is 68.2 Å². The minimum absolute atomic E-state index is 0.0571. The van der Waals surface area contributed by atoms with Gasteiger partial charge in [0.05, 0.1) is 0 Å². The van der Waals surface area contributed by atoms with Gasteiger partial charge in [0.15, 0.2) is 0 Å². The number of amides is 1. The summed E-state index contributed by atoms with van der Waals surface area (Å²) >= 11 is 0. The fourth-order valence-electron chi connectivity index (χ4n) is 2.89. The first-order chi connectivity index (χ1) is 10.7. The maximum atomic E-state index is 12.3. The second-order valence-electron chi connectivity index (χ2n) is 6.00. The van der Waals surface area contributed by atoms with E-state index in [2.05, 4.69) is 22.3 Å². The number of nitrogens with zero attached hydrogens (tertiary/aromatic N) is 1. The summed E-state index contributed by atoms with van der Waals surface area (Å²) in [4.78, 5) is 14.7. The number of carbonyl (C=O) groups is 1. The van der Waals surface area contributed by atoms with Crippen molar-refractivity contribution in [2.75, 3.05) is 18.4 Å². The van der Waals surface area contributed by atoms with Crippen molar-refractivity contribution in [3.8, 4) is 0 Å². The molecule has 0 saturated carbocycles. The van der Waals surface area contributed by atoms with Gasteiger partial charge in [-0.15, -0.1) is 0 Å². The Morgan fingerprint density at radius 2 is 1.82 bits per heavy atom. The number of anilines is 1. The fourth-order valence-corrected chi connectivity index (χ4v) is 2.89. The number of rotatable bonds is 4. The molecule has 1 heterocycles. The van der Waals surface area contributed by atoms with Crippen LogP contribution in [0.15, 0.2) is 48.5 Å². The average Bonchev–Trinajstić information content (AvgIpc) is 3.01. The molecule has 1 aliphatic rings. The van der Waals surface area contributed by atoms with E-state index in [0.717, 1.165) is 17.8 Å². The van der Waals surface area contributed by atoms with Crippen LogP contribution in [0.2, 0.25) is 0 Å². The van der Waals surface area contributed by atoms with Crippen LogP contribution >= 0.6 is 0 Å².